The molecule has 1 saturated carbocycles. The van der Waals surface area contributed by atoms with E-state index in [0.29, 0.717) is 12.0 Å². The zero-order chi connectivity index (χ0) is 7.72. The van der Waals surface area contributed by atoms with Gasteiger partial charge in [0, 0.05) is 6.04 Å². The molecule has 0 aromatic rings. The number of allylic oxidation sites excluding steroid dienone is 1. The van der Waals surface area contributed by atoms with Gasteiger partial charge in [0.15, 0.2) is 0 Å². The lowest BCUT2D eigenvalue weighted by Gasteiger charge is -2.14. The summed E-state index contributed by atoms with van der Waals surface area (Å²) in [6, 6.07) is 0.392. The van der Waals surface area contributed by atoms with E-state index in [0.717, 1.165) is 11.8 Å². The predicted octanol–water partition coefficient (Wildman–Crippen LogP) is 1.79. The smallest absolute Gasteiger partial charge is 0.00962 e. The van der Waals surface area contributed by atoms with Crippen LogP contribution < -0.4 is 5.73 Å². The van der Waals surface area contributed by atoms with Gasteiger partial charge in [-0.15, -0.1) is 6.58 Å². The van der Waals surface area contributed by atoms with Crippen LogP contribution in [0.4, 0.5) is 0 Å². The van der Waals surface area contributed by atoms with Crippen molar-refractivity contribution in [3.05, 3.63) is 12.7 Å². The predicted molar refractivity (Wildman–Crippen MR) is 44.6 cm³/mol. The van der Waals surface area contributed by atoms with Crippen molar-refractivity contribution in [2.75, 3.05) is 0 Å². The first-order valence-corrected chi connectivity index (χ1v) is 4.05. The van der Waals surface area contributed by atoms with Crippen LogP contribution in [0.5, 0.6) is 0 Å². The average Bonchev–Trinajstić information content (AvgIpc) is 2.64. The first kappa shape index (κ1) is 7.80. The maximum Gasteiger partial charge on any atom is 0.00962 e. The molecule has 1 rings (SSSR count). The van der Waals surface area contributed by atoms with Crippen molar-refractivity contribution < 1.29 is 0 Å². The fourth-order valence-electron chi connectivity index (χ4n) is 1.44. The molecule has 1 fully saturated rings. The molecule has 0 amide bonds. The summed E-state index contributed by atoms with van der Waals surface area (Å²) >= 11 is 0. The molecule has 0 radical (unpaired) electrons. The highest BCUT2D eigenvalue weighted by atomic mass is 14.7. The summed E-state index contributed by atoms with van der Waals surface area (Å²) in [5.41, 5.74) is 5.94. The summed E-state index contributed by atoms with van der Waals surface area (Å²) in [7, 11) is 0. The van der Waals surface area contributed by atoms with Gasteiger partial charge in [0.1, 0.15) is 0 Å². The van der Waals surface area contributed by atoms with Crippen LogP contribution in [0.2, 0.25) is 0 Å². The second-order valence-electron chi connectivity index (χ2n) is 3.62. The Morgan fingerprint density at radius 1 is 1.60 bits per heavy atom. The Morgan fingerprint density at radius 2 is 2.20 bits per heavy atom. The van der Waals surface area contributed by atoms with Gasteiger partial charge in [-0.2, -0.15) is 0 Å². The molecule has 1 aliphatic carbocycles. The summed E-state index contributed by atoms with van der Waals surface area (Å²) in [6.45, 7) is 8.13. The fraction of sp³-hybridized carbons (Fsp3) is 0.778. The van der Waals surface area contributed by atoms with Crippen molar-refractivity contribution in [2.24, 2.45) is 23.5 Å². The molecular formula is C9H17N. The van der Waals surface area contributed by atoms with Gasteiger partial charge in [-0.3, -0.25) is 0 Å². The zero-order valence-electron chi connectivity index (χ0n) is 6.88. The molecule has 1 heteroatoms. The molecule has 10 heavy (non-hydrogen) atoms. The van der Waals surface area contributed by atoms with Gasteiger partial charge >= 0.3 is 0 Å². The van der Waals surface area contributed by atoms with E-state index in [2.05, 4.69) is 20.4 Å². The minimum Gasteiger partial charge on any atom is -0.327 e. The molecule has 0 aromatic carbocycles. The molecule has 0 bridgehead atoms. The van der Waals surface area contributed by atoms with Crippen LogP contribution in [0, 0.1) is 17.8 Å². The third-order valence-electron chi connectivity index (χ3n) is 2.46. The molecule has 0 unspecified atom stereocenters. The lowest BCUT2D eigenvalue weighted by Crippen LogP contribution is -2.29. The number of hydrogen-bond donors (Lipinski definition) is 1. The Balaban J connectivity index is 2.32. The highest BCUT2D eigenvalue weighted by molar-refractivity contribution is 5.02. The molecule has 2 N–H and O–H groups in total. The monoisotopic (exact) mass is 139 g/mol. The summed E-state index contributed by atoms with van der Waals surface area (Å²) in [4.78, 5) is 0. The maximum atomic E-state index is 5.94. The summed E-state index contributed by atoms with van der Waals surface area (Å²) in [6.07, 6.45) is 3.30. The molecule has 1 aliphatic rings. The van der Waals surface area contributed by atoms with Crippen LogP contribution in [0.1, 0.15) is 20.3 Å². The first-order chi connectivity index (χ1) is 4.66. The third kappa shape index (κ3) is 1.40. The van der Waals surface area contributed by atoms with Crippen molar-refractivity contribution in [3.8, 4) is 0 Å². The lowest BCUT2D eigenvalue weighted by atomic mass is 9.99. The van der Waals surface area contributed by atoms with Crippen LogP contribution >= 0.6 is 0 Å². The van der Waals surface area contributed by atoms with Crippen LogP contribution in [-0.2, 0) is 0 Å². The van der Waals surface area contributed by atoms with E-state index in [4.69, 9.17) is 5.73 Å². The van der Waals surface area contributed by atoms with E-state index >= 15 is 0 Å². The van der Waals surface area contributed by atoms with Gasteiger partial charge in [-0.05, 0) is 24.2 Å². The van der Waals surface area contributed by atoms with Gasteiger partial charge in [-0.25, -0.2) is 0 Å². The van der Waals surface area contributed by atoms with E-state index in [1.54, 1.807) is 0 Å². The Bertz CT molecular complexity index is 129. The molecule has 0 aliphatic heterocycles. The summed E-state index contributed by atoms with van der Waals surface area (Å²) in [5, 5.41) is 0. The summed E-state index contributed by atoms with van der Waals surface area (Å²) < 4.78 is 0. The van der Waals surface area contributed by atoms with Gasteiger partial charge in [0.2, 0.25) is 0 Å². The topological polar surface area (TPSA) is 26.0 Å². The molecule has 58 valence electrons. The lowest BCUT2D eigenvalue weighted by molar-refractivity contribution is 0.437. The third-order valence-corrected chi connectivity index (χ3v) is 2.46. The van der Waals surface area contributed by atoms with Crippen molar-refractivity contribution in [1.29, 1.82) is 0 Å². The van der Waals surface area contributed by atoms with Gasteiger partial charge in [0.05, 0.1) is 0 Å². The van der Waals surface area contributed by atoms with E-state index in [9.17, 15) is 0 Å². The number of nitrogens with two attached hydrogens (primary N) is 1. The zero-order valence-corrected chi connectivity index (χ0v) is 6.88. The van der Waals surface area contributed by atoms with E-state index in [1.165, 1.54) is 6.42 Å². The van der Waals surface area contributed by atoms with E-state index < -0.39 is 0 Å². The van der Waals surface area contributed by atoms with E-state index in [1.807, 2.05) is 6.08 Å². The number of rotatable bonds is 3. The quantitative estimate of drug-likeness (QED) is 0.593. The fourth-order valence-corrected chi connectivity index (χ4v) is 1.44. The SMILES string of the molecule is C=C[C@H]1C[C@@H]1[C@@H](N)C(C)C. The van der Waals surface area contributed by atoms with Gasteiger partial charge in [-0.1, -0.05) is 19.9 Å². The Morgan fingerprint density at radius 3 is 2.50 bits per heavy atom. The Hall–Kier alpha value is -0.300. The van der Waals surface area contributed by atoms with Crippen molar-refractivity contribution in [2.45, 2.75) is 26.3 Å². The van der Waals surface area contributed by atoms with Gasteiger partial charge < -0.3 is 5.73 Å². The molecule has 3 atom stereocenters. The highest BCUT2D eigenvalue weighted by Gasteiger charge is 2.39. The minimum atomic E-state index is 0.392. The molecule has 0 heterocycles. The second kappa shape index (κ2) is 2.75. The second-order valence-corrected chi connectivity index (χ2v) is 3.62. The first-order valence-electron chi connectivity index (χ1n) is 4.05. The van der Waals surface area contributed by atoms with Gasteiger partial charge in [0.25, 0.3) is 0 Å². The molecule has 1 nitrogen and oxygen atoms in total. The van der Waals surface area contributed by atoms with Crippen molar-refractivity contribution in [1.82, 2.24) is 0 Å². The maximum absolute atomic E-state index is 5.94. The number of hydrogen-bond acceptors (Lipinski definition) is 1. The van der Waals surface area contributed by atoms with E-state index in [-0.39, 0.29) is 0 Å². The van der Waals surface area contributed by atoms with Crippen LogP contribution in [0.15, 0.2) is 12.7 Å². The highest BCUT2D eigenvalue weighted by Crippen LogP contribution is 2.42. The minimum absolute atomic E-state index is 0.392. The molecular weight excluding hydrogens is 122 g/mol. The van der Waals surface area contributed by atoms with Crippen LogP contribution in [0.25, 0.3) is 0 Å². The van der Waals surface area contributed by atoms with Crippen LogP contribution in [-0.4, -0.2) is 6.04 Å². The normalized spacial score (nSPS) is 34.0. The molecule has 0 saturated heterocycles. The standard InChI is InChI=1S/C9H17N/c1-4-7-5-8(7)9(10)6(2)3/h4,6-9H,1,5,10H2,2-3H3/t7-,8-,9-/m0/s1. The average molecular weight is 139 g/mol. The van der Waals surface area contributed by atoms with Crippen molar-refractivity contribution >= 4 is 0 Å². The largest absolute Gasteiger partial charge is 0.327 e. The Labute approximate surface area is 63.3 Å². The Kier molecular flexibility index (Phi) is 2.14. The molecule has 0 aromatic heterocycles. The van der Waals surface area contributed by atoms with Crippen molar-refractivity contribution in [3.63, 3.8) is 0 Å². The summed E-state index contributed by atoms with van der Waals surface area (Å²) in [5.74, 6) is 2.07. The van der Waals surface area contributed by atoms with Crippen LogP contribution in [0.3, 0.4) is 0 Å². The molecule has 0 spiro atoms.